The van der Waals surface area contributed by atoms with Gasteiger partial charge in [-0.3, -0.25) is 29.6 Å². The number of piperazine rings is 1. The van der Waals surface area contributed by atoms with Gasteiger partial charge < -0.3 is 24.8 Å². The topological polar surface area (TPSA) is 141 Å². The first kappa shape index (κ1) is 40.5. The van der Waals surface area contributed by atoms with Crippen LogP contribution >= 0.6 is 0 Å². The number of carbonyl (C=O) groups is 3. The van der Waals surface area contributed by atoms with E-state index in [2.05, 4.69) is 67.5 Å². The molecule has 3 fully saturated rings. The van der Waals surface area contributed by atoms with Gasteiger partial charge in [-0.1, -0.05) is 13.8 Å². The van der Waals surface area contributed by atoms with Gasteiger partial charge in [0.2, 0.25) is 23.7 Å². The molecule has 14 nitrogen and oxygen atoms in total. The number of hydrogen-bond donors (Lipinski definition) is 2. The predicted molar refractivity (Wildman–Crippen MR) is 229 cm³/mol. The van der Waals surface area contributed by atoms with Crippen molar-refractivity contribution in [2.24, 2.45) is 23.9 Å². The first-order valence-corrected chi connectivity index (χ1v) is 21.4. The van der Waals surface area contributed by atoms with Crippen molar-refractivity contribution in [1.29, 1.82) is 0 Å². The highest BCUT2D eigenvalue weighted by Crippen LogP contribution is 2.39. The summed E-state index contributed by atoms with van der Waals surface area (Å²) in [6, 6.07) is 12.9. The number of aryl methyl sites for hydroxylation is 2. The molecule has 3 saturated heterocycles. The summed E-state index contributed by atoms with van der Waals surface area (Å²) in [6.45, 7) is 12.2. The Morgan fingerprint density at radius 2 is 1.64 bits per heavy atom. The second kappa shape index (κ2) is 16.5. The molecule has 2 bridgehead atoms. The summed E-state index contributed by atoms with van der Waals surface area (Å²) in [4.78, 5) is 56.4. The van der Waals surface area contributed by atoms with Gasteiger partial charge in [0.15, 0.2) is 0 Å². The highest BCUT2D eigenvalue weighted by atomic mass is 19.1. The quantitative estimate of drug-likeness (QED) is 0.239. The zero-order chi connectivity index (χ0) is 42.5. The van der Waals surface area contributed by atoms with Crippen LogP contribution in [0.25, 0.3) is 11.3 Å². The van der Waals surface area contributed by atoms with E-state index < -0.39 is 29.4 Å². The maximum absolute atomic E-state index is 15.4. The number of amides is 3. The Balaban J connectivity index is 0.871. The van der Waals surface area contributed by atoms with E-state index in [9.17, 15) is 14.4 Å². The molecule has 4 atom stereocenters. The Morgan fingerprint density at radius 1 is 0.852 bits per heavy atom. The molecular formula is C45H52F2N10O4. The van der Waals surface area contributed by atoms with Crippen LogP contribution in [0.15, 0.2) is 53.7 Å². The summed E-state index contributed by atoms with van der Waals surface area (Å²) in [5.74, 6) is -2.31. The Morgan fingerprint density at radius 3 is 2.39 bits per heavy atom. The van der Waals surface area contributed by atoms with E-state index in [1.165, 1.54) is 12.1 Å². The Hall–Kier alpha value is -5.90. The molecule has 4 aromatic rings. The normalized spacial score (nSPS) is 24.7. The smallest absolute Gasteiger partial charge is 0.280 e. The lowest BCUT2D eigenvalue weighted by atomic mass is 9.88. The highest BCUT2D eigenvalue weighted by molar-refractivity contribution is 6.19. The number of anilines is 4. The first-order valence-electron chi connectivity index (χ1n) is 21.4. The number of pyridine rings is 1. The van der Waals surface area contributed by atoms with Crippen LogP contribution < -0.4 is 30.1 Å². The summed E-state index contributed by atoms with van der Waals surface area (Å²) >= 11 is 0. The van der Waals surface area contributed by atoms with Crippen molar-refractivity contribution in [1.82, 2.24) is 25.0 Å². The van der Waals surface area contributed by atoms with Crippen LogP contribution in [-0.2, 0) is 16.6 Å². The number of carbonyl (C=O) groups excluding carboxylic acids is 3. The molecule has 2 aromatic carbocycles. The Bertz CT molecular complexity index is 2390. The highest BCUT2D eigenvalue weighted by Gasteiger charge is 2.36. The number of nitrogens with one attached hydrogen (secondary N) is 2. The van der Waals surface area contributed by atoms with Gasteiger partial charge in [-0.25, -0.2) is 13.5 Å². The molecule has 61 heavy (non-hydrogen) atoms. The number of aliphatic imine (C=N–C) groups is 1. The summed E-state index contributed by atoms with van der Waals surface area (Å²) in [5.41, 5.74) is 5.69. The van der Waals surface area contributed by atoms with Gasteiger partial charge >= 0.3 is 0 Å². The van der Waals surface area contributed by atoms with Gasteiger partial charge in [0.1, 0.15) is 11.6 Å². The predicted octanol–water partition coefficient (Wildman–Crippen LogP) is 5.86. The fourth-order valence-corrected chi connectivity index (χ4v) is 9.77. The number of rotatable bonds is 4. The zero-order valence-corrected chi connectivity index (χ0v) is 35.1. The van der Waals surface area contributed by atoms with Gasteiger partial charge in [-0.15, -0.1) is 0 Å². The van der Waals surface area contributed by atoms with Crippen molar-refractivity contribution in [2.75, 3.05) is 72.4 Å². The maximum Gasteiger partial charge on any atom is 0.280 e. The van der Waals surface area contributed by atoms with E-state index in [0.717, 1.165) is 68.1 Å². The number of benzene rings is 2. The lowest BCUT2D eigenvalue weighted by Gasteiger charge is -2.47. The number of aromatic nitrogens is 3. The molecule has 0 aliphatic carbocycles. The number of hydrogen-bond acceptors (Lipinski definition) is 11. The van der Waals surface area contributed by atoms with E-state index in [1.807, 2.05) is 18.9 Å². The zero-order valence-electron chi connectivity index (χ0n) is 35.1. The van der Waals surface area contributed by atoms with E-state index >= 15 is 8.78 Å². The molecule has 5 aliphatic rings. The summed E-state index contributed by atoms with van der Waals surface area (Å²) in [6.07, 6.45) is 4.48. The number of halogens is 2. The molecule has 0 saturated carbocycles. The molecule has 3 amide bonds. The lowest BCUT2D eigenvalue weighted by Crippen LogP contribution is -2.56. The molecule has 5 aliphatic heterocycles. The minimum atomic E-state index is -1.02. The van der Waals surface area contributed by atoms with Gasteiger partial charge in [0, 0.05) is 93.5 Å². The van der Waals surface area contributed by atoms with Crippen molar-refractivity contribution in [3.8, 4) is 17.1 Å². The van der Waals surface area contributed by atoms with Crippen LogP contribution in [0.3, 0.4) is 0 Å². The second-order valence-corrected chi connectivity index (χ2v) is 17.3. The number of imide groups is 1. The number of piperidine rings is 2. The first-order chi connectivity index (χ1) is 29.4. The third-order valence-corrected chi connectivity index (χ3v) is 12.9. The van der Waals surface area contributed by atoms with Crippen LogP contribution in [0.2, 0.25) is 0 Å². The molecule has 320 valence electrons. The Labute approximate surface area is 353 Å². The number of guanidine groups is 1. The van der Waals surface area contributed by atoms with Crippen molar-refractivity contribution < 1.29 is 27.9 Å². The molecule has 16 heteroatoms. The van der Waals surface area contributed by atoms with Crippen molar-refractivity contribution in [3.63, 3.8) is 0 Å². The third kappa shape index (κ3) is 8.05. The van der Waals surface area contributed by atoms with E-state index in [1.54, 1.807) is 23.0 Å². The van der Waals surface area contributed by atoms with Gasteiger partial charge in [0.25, 0.3) is 5.91 Å². The number of fused-ring (bicyclic) bond motifs is 7. The van der Waals surface area contributed by atoms with Crippen LogP contribution in [0.4, 0.5) is 31.5 Å². The van der Waals surface area contributed by atoms with Crippen molar-refractivity contribution >= 4 is 46.4 Å². The molecule has 0 radical (unpaired) electrons. The third-order valence-electron chi connectivity index (χ3n) is 12.9. The largest absolute Gasteiger partial charge is 0.477 e. The average molecular weight is 835 g/mol. The second-order valence-electron chi connectivity index (χ2n) is 17.3. The fourth-order valence-electron chi connectivity index (χ4n) is 9.77. The van der Waals surface area contributed by atoms with Crippen LogP contribution in [0, 0.1) is 30.4 Å². The van der Waals surface area contributed by atoms with E-state index in [4.69, 9.17) is 9.72 Å². The molecule has 9 rings (SSSR count). The van der Waals surface area contributed by atoms with E-state index in [0.29, 0.717) is 66.8 Å². The van der Waals surface area contributed by atoms with Gasteiger partial charge in [-0.05, 0) is 86.9 Å². The minimum absolute atomic E-state index is 0.0547. The molecule has 0 unspecified atom stereocenters. The van der Waals surface area contributed by atoms with Gasteiger partial charge in [-0.2, -0.15) is 10.1 Å². The lowest BCUT2D eigenvalue weighted by molar-refractivity contribution is -0.134. The Kier molecular flexibility index (Phi) is 11.0. The molecule has 0 spiro atoms. The summed E-state index contributed by atoms with van der Waals surface area (Å²) in [7, 11) is 1.84. The molecular weight excluding hydrogens is 783 g/mol. The van der Waals surface area contributed by atoms with Crippen molar-refractivity contribution in [2.45, 2.75) is 64.8 Å². The van der Waals surface area contributed by atoms with Crippen molar-refractivity contribution in [3.05, 3.63) is 77.1 Å². The summed E-state index contributed by atoms with van der Waals surface area (Å²) < 4.78 is 38.7. The standard InChI is InChI=1S/C45H52F2N10O4/c1-26-6-5-17-61-44-33(23-48-53(44)4)37-19-29(18-28(3)49-37)42(59)52-45-50-36-9-7-30(22-39(36)57(45)24-26)54-13-15-55(16-14-54)38-11-12-56(25-27(38)2)31-20-34(46)41(35(47)21-31)32-8-10-40(58)51-43(32)60/h7,9,18-23,26-27,32,38H,5-6,8,10-17,24-25H2,1-4H3,(H,50,52,59)(H,51,58,60)/t26-,27+,32-,38+/m1/s1. The minimum Gasteiger partial charge on any atom is -0.477 e. The van der Waals surface area contributed by atoms with E-state index in [-0.39, 0.29) is 36.1 Å². The molecule has 2 aromatic heterocycles. The molecule has 7 heterocycles. The van der Waals surface area contributed by atoms with Crippen LogP contribution in [0.1, 0.15) is 73.5 Å². The van der Waals surface area contributed by atoms with Crippen LogP contribution in [-0.4, -0.2) is 102 Å². The maximum atomic E-state index is 15.4. The van der Waals surface area contributed by atoms with Gasteiger partial charge in [0.05, 0.1) is 41.4 Å². The SMILES string of the molecule is Cc1cc2cc(n1)-c1cnn(C)c1OCCC[C@@H](C)CN1/C(=N/C2=O)Nc2ccc(N3CCN([C@H]4CCN(c5cc(F)c([C@H]6CCC(=O)NC6=O)c(F)c5)C[C@@H]4C)CC3)cc21. The van der Waals surface area contributed by atoms with Crippen LogP contribution in [0.5, 0.6) is 5.88 Å². The monoisotopic (exact) mass is 834 g/mol. The average Bonchev–Trinajstić information content (AvgIpc) is 3.77. The molecule has 2 N–H and O–H groups in total. The summed E-state index contributed by atoms with van der Waals surface area (Å²) in [5, 5.41) is 10.1. The fraction of sp³-hybridized carbons (Fsp3) is 0.467. The number of nitrogens with zero attached hydrogens (tertiary/aromatic N) is 8. The number of ether oxygens (including phenoxy) is 1.